The van der Waals surface area contributed by atoms with Crippen molar-refractivity contribution < 1.29 is 4.52 Å². The van der Waals surface area contributed by atoms with Crippen molar-refractivity contribution in [2.24, 2.45) is 0 Å². The van der Waals surface area contributed by atoms with Crippen LogP contribution in [0.5, 0.6) is 0 Å². The maximum Gasteiger partial charge on any atom is 0.165 e. The van der Waals surface area contributed by atoms with Gasteiger partial charge in [-0.05, 0) is 52.3 Å². The standard InChI is InChI=1S/C22H28N6O/c1-14-12-18(26-22(25-14)20-15(2)27-29-16(20)3)19-9-5-6-11-28(19)13-17-8-7-10-24-21(17)23-4/h7-8,10,12,19H,5-6,9,11,13H2,1-4H3,(H,23,24)/t19-/m0/s1. The summed E-state index contributed by atoms with van der Waals surface area (Å²) in [7, 11) is 1.92. The average molecular weight is 393 g/mol. The third-order valence-corrected chi connectivity index (χ3v) is 5.59. The number of anilines is 1. The molecule has 7 nitrogen and oxygen atoms in total. The monoisotopic (exact) mass is 392 g/mol. The number of aromatic nitrogens is 4. The van der Waals surface area contributed by atoms with Crippen LogP contribution in [0.2, 0.25) is 0 Å². The molecule has 1 N–H and O–H groups in total. The normalized spacial score (nSPS) is 17.4. The van der Waals surface area contributed by atoms with Gasteiger partial charge in [0.25, 0.3) is 0 Å². The quantitative estimate of drug-likeness (QED) is 0.696. The summed E-state index contributed by atoms with van der Waals surface area (Å²) in [5.74, 6) is 2.40. The smallest absolute Gasteiger partial charge is 0.165 e. The number of hydrogen-bond donors (Lipinski definition) is 1. The second-order valence-corrected chi connectivity index (χ2v) is 7.70. The van der Waals surface area contributed by atoms with Gasteiger partial charge in [0.2, 0.25) is 0 Å². The number of hydrogen-bond acceptors (Lipinski definition) is 7. The number of nitrogens with zero attached hydrogens (tertiary/aromatic N) is 5. The van der Waals surface area contributed by atoms with E-state index in [1.54, 1.807) is 0 Å². The molecule has 29 heavy (non-hydrogen) atoms. The van der Waals surface area contributed by atoms with E-state index in [2.05, 4.69) is 37.5 Å². The van der Waals surface area contributed by atoms with Crippen molar-refractivity contribution in [3.63, 3.8) is 0 Å². The highest BCUT2D eigenvalue weighted by molar-refractivity contribution is 5.60. The van der Waals surface area contributed by atoms with E-state index < -0.39 is 0 Å². The lowest BCUT2D eigenvalue weighted by molar-refractivity contribution is 0.137. The van der Waals surface area contributed by atoms with Crippen molar-refractivity contribution in [1.82, 2.24) is 25.0 Å². The molecule has 1 fully saturated rings. The van der Waals surface area contributed by atoms with E-state index in [4.69, 9.17) is 9.51 Å². The first-order valence-electron chi connectivity index (χ1n) is 10.2. The van der Waals surface area contributed by atoms with Gasteiger partial charge in [0.1, 0.15) is 11.6 Å². The summed E-state index contributed by atoms with van der Waals surface area (Å²) >= 11 is 0. The van der Waals surface area contributed by atoms with Crippen molar-refractivity contribution in [2.75, 3.05) is 18.9 Å². The zero-order valence-electron chi connectivity index (χ0n) is 17.6. The summed E-state index contributed by atoms with van der Waals surface area (Å²) in [5.41, 5.74) is 4.98. The van der Waals surface area contributed by atoms with E-state index in [1.165, 1.54) is 18.4 Å². The molecule has 0 spiro atoms. The van der Waals surface area contributed by atoms with E-state index >= 15 is 0 Å². The van der Waals surface area contributed by atoms with Crippen molar-refractivity contribution in [1.29, 1.82) is 0 Å². The molecule has 4 rings (SSSR count). The molecular weight excluding hydrogens is 364 g/mol. The van der Waals surface area contributed by atoms with Gasteiger partial charge in [-0.3, -0.25) is 4.90 Å². The molecule has 1 saturated heterocycles. The van der Waals surface area contributed by atoms with Crippen LogP contribution in [0.4, 0.5) is 5.82 Å². The zero-order chi connectivity index (χ0) is 20.4. The molecule has 0 radical (unpaired) electrons. The fraction of sp³-hybridized carbons (Fsp3) is 0.455. The van der Waals surface area contributed by atoms with Gasteiger partial charge in [-0.15, -0.1) is 0 Å². The molecule has 0 saturated carbocycles. The lowest BCUT2D eigenvalue weighted by Gasteiger charge is -2.35. The Morgan fingerprint density at radius 3 is 2.83 bits per heavy atom. The number of aryl methyl sites for hydroxylation is 3. The van der Waals surface area contributed by atoms with E-state index in [0.717, 1.165) is 53.7 Å². The van der Waals surface area contributed by atoms with Crippen LogP contribution in [0, 0.1) is 20.8 Å². The molecule has 4 heterocycles. The van der Waals surface area contributed by atoms with Crippen LogP contribution >= 0.6 is 0 Å². The highest BCUT2D eigenvalue weighted by Gasteiger charge is 2.27. The lowest BCUT2D eigenvalue weighted by Crippen LogP contribution is -2.34. The zero-order valence-corrected chi connectivity index (χ0v) is 17.6. The van der Waals surface area contributed by atoms with Crippen molar-refractivity contribution >= 4 is 5.82 Å². The molecule has 1 atom stereocenters. The van der Waals surface area contributed by atoms with Crippen LogP contribution in [-0.4, -0.2) is 38.6 Å². The number of rotatable bonds is 5. The molecule has 0 aliphatic carbocycles. The molecule has 0 unspecified atom stereocenters. The third-order valence-electron chi connectivity index (χ3n) is 5.59. The summed E-state index contributed by atoms with van der Waals surface area (Å²) in [4.78, 5) is 16.6. The Labute approximate surface area is 171 Å². The molecule has 1 aliphatic heterocycles. The maximum absolute atomic E-state index is 5.35. The topological polar surface area (TPSA) is 80.0 Å². The maximum atomic E-state index is 5.35. The molecule has 1 aliphatic rings. The van der Waals surface area contributed by atoms with Crippen molar-refractivity contribution in [3.05, 3.63) is 52.8 Å². The fourth-order valence-corrected chi connectivity index (χ4v) is 4.20. The molecule has 152 valence electrons. The molecule has 0 aromatic carbocycles. The molecule has 0 amide bonds. The molecule has 3 aromatic rings. The summed E-state index contributed by atoms with van der Waals surface area (Å²) in [6.07, 6.45) is 5.32. The highest BCUT2D eigenvalue weighted by atomic mass is 16.5. The summed E-state index contributed by atoms with van der Waals surface area (Å²) in [5, 5.41) is 7.28. The first kappa shape index (κ1) is 19.5. The van der Waals surface area contributed by atoms with Gasteiger partial charge in [-0.2, -0.15) is 0 Å². The van der Waals surface area contributed by atoms with Gasteiger partial charge in [-0.1, -0.05) is 17.6 Å². The minimum absolute atomic E-state index is 0.259. The first-order valence-corrected chi connectivity index (χ1v) is 10.2. The number of likely N-dealkylation sites (tertiary alicyclic amines) is 1. The third kappa shape index (κ3) is 4.00. The van der Waals surface area contributed by atoms with Gasteiger partial charge >= 0.3 is 0 Å². The van der Waals surface area contributed by atoms with Crippen molar-refractivity contribution in [3.8, 4) is 11.4 Å². The van der Waals surface area contributed by atoms with E-state index in [1.807, 2.05) is 40.1 Å². The van der Waals surface area contributed by atoms with E-state index in [9.17, 15) is 0 Å². The summed E-state index contributed by atoms with van der Waals surface area (Å²) in [6, 6.07) is 6.52. The molecule has 7 heteroatoms. The van der Waals surface area contributed by atoms with Gasteiger partial charge in [-0.25, -0.2) is 15.0 Å². The van der Waals surface area contributed by atoms with Crippen LogP contribution in [0.25, 0.3) is 11.4 Å². The number of nitrogens with one attached hydrogen (secondary N) is 1. The Hall–Kier alpha value is -2.80. The second-order valence-electron chi connectivity index (χ2n) is 7.70. The lowest BCUT2D eigenvalue weighted by atomic mass is 9.97. The minimum atomic E-state index is 0.259. The van der Waals surface area contributed by atoms with Gasteiger partial charge in [0.05, 0.1) is 23.0 Å². The van der Waals surface area contributed by atoms with E-state index in [0.29, 0.717) is 5.82 Å². The predicted molar refractivity (Wildman–Crippen MR) is 113 cm³/mol. The molecule has 3 aromatic heterocycles. The summed E-state index contributed by atoms with van der Waals surface area (Å²) in [6.45, 7) is 7.77. The van der Waals surface area contributed by atoms with E-state index in [-0.39, 0.29) is 6.04 Å². The van der Waals surface area contributed by atoms with Crippen molar-refractivity contribution in [2.45, 2.75) is 52.6 Å². The largest absolute Gasteiger partial charge is 0.373 e. The Morgan fingerprint density at radius 2 is 2.07 bits per heavy atom. The Kier molecular flexibility index (Phi) is 5.58. The Balaban J connectivity index is 1.68. The van der Waals surface area contributed by atoms with Crippen LogP contribution < -0.4 is 5.32 Å². The van der Waals surface area contributed by atoms with Crippen LogP contribution in [0.15, 0.2) is 28.9 Å². The second kappa shape index (κ2) is 8.29. The average Bonchev–Trinajstić information content (AvgIpc) is 3.06. The van der Waals surface area contributed by atoms with Crippen LogP contribution in [0.1, 0.15) is 53.7 Å². The van der Waals surface area contributed by atoms with Gasteiger partial charge in [0, 0.05) is 31.0 Å². The molecular formula is C22H28N6O. The Bertz CT molecular complexity index is 979. The highest BCUT2D eigenvalue weighted by Crippen LogP contribution is 2.34. The van der Waals surface area contributed by atoms with Crippen LogP contribution in [-0.2, 0) is 6.54 Å². The number of piperidine rings is 1. The SMILES string of the molecule is CNc1ncccc1CN1CCCC[C@H]1c1cc(C)nc(-c2c(C)noc2C)n1. The number of pyridine rings is 1. The van der Waals surface area contributed by atoms with Gasteiger partial charge < -0.3 is 9.84 Å². The minimum Gasteiger partial charge on any atom is -0.373 e. The predicted octanol–water partition coefficient (Wildman–Crippen LogP) is 4.22. The fourth-order valence-electron chi connectivity index (χ4n) is 4.20. The molecule has 0 bridgehead atoms. The van der Waals surface area contributed by atoms with Crippen LogP contribution in [0.3, 0.4) is 0 Å². The Morgan fingerprint density at radius 1 is 1.21 bits per heavy atom. The summed E-state index contributed by atoms with van der Waals surface area (Å²) < 4.78 is 5.35. The first-order chi connectivity index (χ1) is 14.1. The van der Waals surface area contributed by atoms with Gasteiger partial charge in [0.15, 0.2) is 5.82 Å².